The van der Waals surface area contributed by atoms with Crippen molar-refractivity contribution >= 4 is 19.1 Å². The second-order valence-electron chi connectivity index (χ2n) is 2.38. The standard InChI is InChI=1S/C8H11BN2/c1-3-6-4-7(9)5-11-8(6)10-2/h4-5H,3H2,1-2H3,(H,10,11). The van der Waals surface area contributed by atoms with Crippen molar-refractivity contribution in [2.24, 2.45) is 0 Å². The highest BCUT2D eigenvalue weighted by Crippen LogP contribution is 2.08. The lowest BCUT2D eigenvalue weighted by atomic mass is 9.96. The van der Waals surface area contributed by atoms with Gasteiger partial charge in [-0.25, -0.2) is 4.98 Å². The average molecular weight is 146 g/mol. The van der Waals surface area contributed by atoms with Gasteiger partial charge >= 0.3 is 0 Å². The SMILES string of the molecule is [B]c1cnc(NC)c(CC)c1. The molecule has 3 heteroatoms. The maximum absolute atomic E-state index is 5.57. The van der Waals surface area contributed by atoms with Crippen LogP contribution in [-0.4, -0.2) is 19.9 Å². The molecule has 2 nitrogen and oxygen atoms in total. The Balaban J connectivity index is 3.06. The van der Waals surface area contributed by atoms with Crippen LogP contribution >= 0.6 is 0 Å². The number of rotatable bonds is 2. The predicted octanol–water partition coefficient (Wildman–Crippen LogP) is 0.479. The zero-order chi connectivity index (χ0) is 8.27. The summed E-state index contributed by atoms with van der Waals surface area (Å²) in [7, 11) is 7.43. The van der Waals surface area contributed by atoms with Gasteiger partial charge in [0.25, 0.3) is 0 Å². The van der Waals surface area contributed by atoms with Crippen LogP contribution in [0.4, 0.5) is 5.82 Å². The second kappa shape index (κ2) is 3.42. The van der Waals surface area contributed by atoms with Crippen molar-refractivity contribution in [3.8, 4) is 0 Å². The summed E-state index contributed by atoms with van der Waals surface area (Å²) in [6.07, 6.45) is 2.61. The quantitative estimate of drug-likeness (QED) is 0.613. The molecule has 0 unspecified atom stereocenters. The van der Waals surface area contributed by atoms with Gasteiger partial charge in [0.2, 0.25) is 0 Å². The Kier molecular flexibility index (Phi) is 2.52. The van der Waals surface area contributed by atoms with Gasteiger partial charge in [0.15, 0.2) is 0 Å². The molecule has 1 N–H and O–H groups in total. The Morgan fingerprint density at radius 2 is 2.36 bits per heavy atom. The zero-order valence-corrected chi connectivity index (χ0v) is 6.89. The summed E-state index contributed by atoms with van der Waals surface area (Å²) in [4.78, 5) is 4.13. The van der Waals surface area contributed by atoms with Crippen molar-refractivity contribution in [3.05, 3.63) is 17.8 Å². The minimum atomic E-state index is 0.723. The van der Waals surface area contributed by atoms with Gasteiger partial charge in [-0.1, -0.05) is 18.5 Å². The van der Waals surface area contributed by atoms with Crippen LogP contribution in [0.15, 0.2) is 12.3 Å². The lowest BCUT2D eigenvalue weighted by Crippen LogP contribution is -2.08. The van der Waals surface area contributed by atoms with Crippen LogP contribution in [-0.2, 0) is 6.42 Å². The maximum atomic E-state index is 5.57. The van der Waals surface area contributed by atoms with Crippen LogP contribution in [0.25, 0.3) is 0 Å². The minimum absolute atomic E-state index is 0.723. The fourth-order valence-electron chi connectivity index (χ4n) is 1.02. The number of aromatic nitrogens is 1. The van der Waals surface area contributed by atoms with E-state index in [0.717, 1.165) is 23.3 Å². The molecule has 0 saturated heterocycles. The highest BCUT2D eigenvalue weighted by Gasteiger charge is 1.98. The fraction of sp³-hybridized carbons (Fsp3) is 0.375. The van der Waals surface area contributed by atoms with Crippen LogP contribution in [0.5, 0.6) is 0 Å². The summed E-state index contributed by atoms with van der Waals surface area (Å²) in [5, 5.41) is 3.01. The lowest BCUT2D eigenvalue weighted by molar-refractivity contribution is 1.11. The van der Waals surface area contributed by atoms with E-state index in [2.05, 4.69) is 17.2 Å². The van der Waals surface area contributed by atoms with E-state index >= 15 is 0 Å². The Hall–Kier alpha value is -0.985. The molecule has 2 radical (unpaired) electrons. The van der Waals surface area contributed by atoms with E-state index in [4.69, 9.17) is 7.85 Å². The number of hydrogen-bond donors (Lipinski definition) is 1. The minimum Gasteiger partial charge on any atom is -0.373 e. The molecule has 1 aromatic heterocycles. The van der Waals surface area contributed by atoms with Crippen LogP contribution in [0, 0.1) is 0 Å². The molecule has 11 heavy (non-hydrogen) atoms. The van der Waals surface area contributed by atoms with Gasteiger partial charge in [0.05, 0.1) is 0 Å². The van der Waals surface area contributed by atoms with Gasteiger partial charge in [0.1, 0.15) is 13.7 Å². The molecule has 0 aliphatic carbocycles. The van der Waals surface area contributed by atoms with E-state index in [-0.39, 0.29) is 0 Å². The van der Waals surface area contributed by atoms with E-state index in [1.807, 2.05) is 13.1 Å². The second-order valence-corrected chi connectivity index (χ2v) is 2.38. The summed E-state index contributed by atoms with van der Waals surface area (Å²) in [6.45, 7) is 2.08. The average Bonchev–Trinajstić information content (AvgIpc) is 2.04. The molecule has 0 bridgehead atoms. The van der Waals surface area contributed by atoms with E-state index in [1.54, 1.807) is 6.20 Å². The molecule has 0 fully saturated rings. The first-order valence-corrected chi connectivity index (χ1v) is 3.70. The first-order valence-electron chi connectivity index (χ1n) is 3.70. The third kappa shape index (κ3) is 1.73. The molecule has 0 aliphatic heterocycles. The van der Waals surface area contributed by atoms with E-state index in [1.165, 1.54) is 0 Å². The highest BCUT2D eigenvalue weighted by molar-refractivity contribution is 6.32. The van der Waals surface area contributed by atoms with Crippen LogP contribution in [0.3, 0.4) is 0 Å². The molecular weight excluding hydrogens is 135 g/mol. The van der Waals surface area contributed by atoms with Crippen molar-refractivity contribution in [3.63, 3.8) is 0 Å². The number of hydrogen-bond acceptors (Lipinski definition) is 2. The Bertz CT molecular complexity index is 248. The van der Waals surface area contributed by atoms with Gasteiger partial charge in [-0.3, -0.25) is 0 Å². The fourth-order valence-corrected chi connectivity index (χ4v) is 1.02. The summed E-state index contributed by atoms with van der Waals surface area (Å²) < 4.78 is 0. The molecule has 0 spiro atoms. The summed E-state index contributed by atoms with van der Waals surface area (Å²) >= 11 is 0. The highest BCUT2D eigenvalue weighted by atomic mass is 15.0. The van der Waals surface area contributed by atoms with Gasteiger partial charge in [-0.2, -0.15) is 0 Å². The van der Waals surface area contributed by atoms with E-state index in [0.29, 0.717) is 0 Å². The smallest absolute Gasteiger partial charge is 0.128 e. The molecule has 1 heterocycles. The zero-order valence-electron chi connectivity index (χ0n) is 6.89. The Labute approximate surface area is 68.4 Å². The molecule has 1 rings (SSSR count). The molecule has 0 atom stereocenters. The first kappa shape index (κ1) is 8.11. The molecule has 1 aromatic rings. The third-order valence-electron chi connectivity index (χ3n) is 1.61. The summed E-state index contributed by atoms with van der Waals surface area (Å²) in [5.41, 5.74) is 1.88. The van der Waals surface area contributed by atoms with E-state index < -0.39 is 0 Å². The monoisotopic (exact) mass is 146 g/mol. The van der Waals surface area contributed by atoms with Crippen molar-refractivity contribution in [1.29, 1.82) is 0 Å². The normalized spacial score (nSPS) is 9.64. The van der Waals surface area contributed by atoms with Gasteiger partial charge in [-0.15, -0.1) is 0 Å². The number of aryl methyl sites for hydroxylation is 1. The number of nitrogens with one attached hydrogen (secondary N) is 1. The van der Waals surface area contributed by atoms with Crippen LogP contribution in [0.2, 0.25) is 0 Å². The summed E-state index contributed by atoms with van der Waals surface area (Å²) in [5.74, 6) is 0.918. The number of nitrogens with zero attached hydrogens (tertiary/aromatic N) is 1. The molecule has 0 aliphatic rings. The Morgan fingerprint density at radius 3 is 2.91 bits per heavy atom. The third-order valence-corrected chi connectivity index (χ3v) is 1.61. The molecule has 0 saturated carbocycles. The van der Waals surface area contributed by atoms with Gasteiger partial charge in [-0.05, 0) is 12.0 Å². The van der Waals surface area contributed by atoms with E-state index in [9.17, 15) is 0 Å². The topological polar surface area (TPSA) is 24.9 Å². The number of pyridine rings is 1. The molecule has 0 amide bonds. The molecular formula is C8H11BN2. The largest absolute Gasteiger partial charge is 0.373 e. The van der Waals surface area contributed by atoms with Crippen molar-refractivity contribution in [1.82, 2.24) is 4.98 Å². The number of anilines is 1. The van der Waals surface area contributed by atoms with Crippen molar-refractivity contribution in [2.45, 2.75) is 13.3 Å². The van der Waals surface area contributed by atoms with Crippen LogP contribution in [0.1, 0.15) is 12.5 Å². The molecule has 0 aromatic carbocycles. The van der Waals surface area contributed by atoms with Crippen molar-refractivity contribution < 1.29 is 0 Å². The predicted molar refractivity (Wildman–Crippen MR) is 48.5 cm³/mol. The van der Waals surface area contributed by atoms with Crippen LogP contribution < -0.4 is 10.8 Å². The van der Waals surface area contributed by atoms with Gasteiger partial charge < -0.3 is 5.32 Å². The Morgan fingerprint density at radius 1 is 1.64 bits per heavy atom. The lowest BCUT2D eigenvalue weighted by Gasteiger charge is -2.05. The maximum Gasteiger partial charge on any atom is 0.128 e. The molecule has 56 valence electrons. The van der Waals surface area contributed by atoms with Crippen molar-refractivity contribution in [2.75, 3.05) is 12.4 Å². The summed E-state index contributed by atoms with van der Waals surface area (Å²) in [6, 6.07) is 1.94. The van der Waals surface area contributed by atoms with Gasteiger partial charge in [0, 0.05) is 13.2 Å². The first-order chi connectivity index (χ1) is 5.27.